The summed E-state index contributed by atoms with van der Waals surface area (Å²) in [5.74, 6) is 0.522. The van der Waals surface area contributed by atoms with Crippen molar-refractivity contribution in [3.05, 3.63) is 58.3 Å². The zero-order chi connectivity index (χ0) is 12.1. The maximum absolute atomic E-state index is 12.2. The van der Waals surface area contributed by atoms with Crippen LogP contribution in [0.25, 0.3) is 0 Å². The number of fused-ring (bicyclic) bond motifs is 1. The minimum atomic E-state index is 0.168. The number of hydrogen-bond donors (Lipinski definition) is 0. The van der Waals surface area contributed by atoms with Crippen LogP contribution in [0.15, 0.2) is 41.5 Å². The molecule has 1 saturated carbocycles. The van der Waals surface area contributed by atoms with Gasteiger partial charge in [-0.2, -0.15) is 0 Å². The van der Waals surface area contributed by atoms with Gasteiger partial charge in [0.2, 0.25) is 0 Å². The van der Waals surface area contributed by atoms with E-state index in [4.69, 9.17) is 0 Å². The summed E-state index contributed by atoms with van der Waals surface area (Å²) in [6.45, 7) is 0.829. The van der Waals surface area contributed by atoms with Crippen LogP contribution in [0.1, 0.15) is 35.9 Å². The Bertz CT molecular complexity index is 649. The van der Waals surface area contributed by atoms with E-state index >= 15 is 0 Å². The number of nitrogens with zero attached hydrogens (tertiary/aromatic N) is 2. The Morgan fingerprint density at radius 1 is 1.17 bits per heavy atom. The van der Waals surface area contributed by atoms with Crippen LogP contribution >= 0.6 is 0 Å². The molecule has 0 radical (unpaired) electrons. The van der Waals surface area contributed by atoms with E-state index in [9.17, 15) is 4.79 Å². The molecule has 1 atom stereocenters. The summed E-state index contributed by atoms with van der Waals surface area (Å²) in [7, 11) is 0. The van der Waals surface area contributed by atoms with Gasteiger partial charge in [-0.1, -0.05) is 24.3 Å². The van der Waals surface area contributed by atoms with Crippen LogP contribution < -0.4 is 5.69 Å². The minimum absolute atomic E-state index is 0.168. The van der Waals surface area contributed by atoms with E-state index in [0.29, 0.717) is 12.0 Å². The van der Waals surface area contributed by atoms with Gasteiger partial charge in [0, 0.05) is 30.9 Å². The molecule has 1 aromatic heterocycles. The van der Waals surface area contributed by atoms with Crippen molar-refractivity contribution in [1.29, 1.82) is 0 Å². The topological polar surface area (TPSA) is 26.9 Å². The summed E-state index contributed by atoms with van der Waals surface area (Å²) in [6, 6.07) is 9.03. The van der Waals surface area contributed by atoms with Gasteiger partial charge in [-0.05, 0) is 30.4 Å². The van der Waals surface area contributed by atoms with Crippen molar-refractivity contribution in [3.8, 4) is 0 Å². The highest BCUT2D eigenvalue weighted by Gasteiger charge is 2.28. The first-order valence-corrected chi connectivity index (χ1v) is 6.68. The van der Waals surface area contributed by atoms with Crippen molar-refractivity contribution < 1.29 is 0 Å². The quantitative estimate of drug-likeness (QED) is 0.809. The van der Waals surface area contributed by atoms with Gasteiger partial charge < -0.3 is 0 Å². The molecule has 1 heterocycles. The summed E-state index contributed by atoms with van der Waals surface area (Å²) in [4.78, 5) is 12.2. The smallest absolute Gasteiger partial charge is 0.299 e. The maximum atomic E-state index is 12.2. The molecule has 3 heteroatoms. The highest BCUT2D eigenvalue weighted by atomic mass is 16.1. The monoisotopic (exact) mass is 240 g/mol. The Balaban J connectivity index is 1.58. The van der Waals surface area contributed by atoms with Gasteiger partial charge in [0.25, 0.3) is 0 Å². The molecular formula is C15H16N2O. The van der Waals surface area contributed by atoms with Crippen LogP contribution in [0.3, 0.4) is 0 Å². The molecule has 0 spiro atoms. The Morgan fingerprint density at radius 2 is 2.00 bits per heavy atom. The lowest BCUT2D eigenvalue weighted by Crippen LogP contribution is -2.29. The second kappa shape index (κ2) is 3.61. The van der Waals surface area contributed by atoms with Crippen LogP contribution in [-0.4, -0.2) is 9.13 Å². The Kier molecular flexibility index (Phi) is 2.04. The van der Waals surface area contributed by atoms with Gasteiger partial charge in [-0.3, -0.25) is 9.13 Å². The Labute approximate surface area is 106 Å². The zero-order valence-corrected chi connectivity index (χ0v) is 10.2. The second-order valence-corrected chi connectivity index (χ2v) is 5.47. The molecule has 1 fully saturated rings. The van der Waals surface area contributed by atoms with E-state index in [0.717, 1.165) is 25.8 Å². The third-order valence-electron chi connectivity index (χ3n) is 4.19. The van der Waals surface area contributed by atoms with Crippen molar-refractivity contribution in [3.63, 3.8) is 0 Å². The largest absolute Gasteiger partial charge is 0.328 e. The lowest BCUT2D eigenvalue weighted by molar-refractivity contribution is 0.491. The third-order valence-corrected chi connectivity index (χ3v) is 4.19. The predicted molar refractivity (Wildman–Crippen MR) is 69.9 cm³/mol. The standard InChI is InChI=1S/C15H16N2O/c18-15-16(7-8-17(15)13-5-6-13)10-12-9-11-3-1-2-4-14(11)12/h1-4,7-8,12-13H,5-6,9-10H2. The van der Waals surface area contributed by atoms with Gasteiger partial charge in [0.05, 0.1) is 0 Å². The van der Waals surface area contributed by atoms with Gasteiger partial charge >= 0.3 is 5.69 Å². The molecule has 18 heavy (non-hydrogen) atoms. The highest BCUT2D eigenvalue weighted by molar-refractivity contribution is 5.39. The van der Waals surface area contributed by atoms with E-state index in [1.54, 1.807) is 0 Å². The van der Waals surface area contributed by atoms with E-state index in [-0.39, 0.29) is 5.69 Å². The molecule has 1 aromatic carbocycles. The molecule has 2 aliphatic rings. The maximum Gasteiger partial charge on any atom is 0.328 e. The fourth-order valence-corrected chi connectivity index (χ4v) is 2.96. The number of rotatable bonds is 3. The molecule has 1 unspecified atom stereocenters. The minimum Gasteiger partial charge on any atom is -0.299 e. The molecule has 0 N–H and O–H groups in total. The molecule has 0 bridgehead atoms. The molecule has 2 aromatic rings. The number of imidazole rings is 1. The average Bonchev–Trinajstić information content (AvgIpc) is 3.12. The van der Waals surface area contributed by atoms with E-state index in [1.807, 2.05) is 21.5 Å². The summed E-state index contributed by atoms with van der Waals surface area (Å²) in [6.07, 6.45) is 7.33. The summed E-state index contributed by atoms with van der Waals surface area (Å²) < 4.78 is 3.77. The first kappa shape index (κ1) is 10.2. The molecular weight excluding hydrogens is 224 g/mol. The first-order chi connectivity index (χ1) is 8.83. The van der Waals surface area contributed by atoms with Crippen molar-refractivity contribution in [2.75, 3.05) is 0 Å². The molecule has 2 aliphatic carbocycles. The summed E-state index contributed by atoms with van der Waals surface area (Å²) >= 11 is 0. The molecule has 0 aliphatic heterocycles. The van der Waals surface area contributed by atoms with Crippen LogP contribution in [0, 0.1) is 0 Å². The normalized spacial score (nSPS) is 21.4. The van der Waals surface area contributed by atoms with Crippen molar-refractivity contribution in [1.82, 2.24) is 9.13 Å². The number of aromatic nitrogens is 2. The number of hydrogen-bond acceptors (Lipinski definition) is 1. The summed E-state index contributed by atoms with van der Waals surface area (Å²) in [5.41, 5.74) is 3.03. The van der Waals surface area contributed by atoms with Crippen LogP contribution in [0.2, 0.25) is 0 Å². The summed E-state index contributed by atoms with van der Waals surface area (Å²) in [5, 5.41) is 0. The molecule has 0 saturated heterocycles. The van der Waals surface area contributed by atoms with Crippen LogP contribution in [0.5, 0.6) is 0 Å². The fraction of sp³-hybridized carbons (Fsp3) is 0.400. The van der Waals surface area contributed by atoms with Crippen LogP contribution in [0.4, 0.5) is 0 Å². The van der Waals surface area contributed by atoms with Gasteiger partial charge in [-0.15, -0.1) is 0 Å². The van der Waals surface area contributed by atoms with Crippen molar-refractivity contribution >= 4 is 0 Å². The van der Waals surface area contributed by atoms with Gasteiger partial charge in [0.1, 0.15) is 0 Å². The molecule has 4 rings (SSSR count). The SMILES string of the molecule is O=c1n(CC2Cc3ccccc32)ccn1C1CC1. The van der Waals surface area contributed by atoms with E-state index < -0.39 is 0 Å². The van der Waals surface area contributed by atoms with Crippen molar-refractivity contribution in [2.45, 2.75) is 37.8 Å². The zero-order valence-electron chi connectivity index (χ0n) is 10.2. The lowest BCUT2D eigenvalue weighted by Gasteiger charge is -2.30. The van der Waals surface area contributed by atoms with E-state index in [2.05, 4.69) is 24.3 Å². The second-order valence-electron chi connectivity index (χ2n) is 5.47. The fourth-order valence-electron chi connectivity index (χ4n) is 2.96. The van der Waals surface area contributed by atoms with E-state index in [1.165, 1.54) is 11.1 Å². The highest BCUT2D eigenvalue weighted by Crippen LogP contribution is 2.36. The van der Waals surface area contributed by atoms with Gasteiger partial charge in [-0.25, -0.2) is 4.79 Å². The van der Waals surface area contributed by atoms with Crippen LogP contribution in [-0.2, 0) is 13.0 Å². The number of benzene rings is 1. The molecule has 3 nitrogen and oxygen atoms in total. The Morgan fingerprint density at radius 3 is 2.78 bits per heavy atom. The predicted octanol–water partition coefficient (Wildman–Crippen LogP) is 2.32. The molecule has 0 amide bonds. The lowest BCUT2D eigenvalue weighted by atomic mass is 9.77. The van der Waals surface area contributed by atoms with Gasteiger partial charge in [0.15, 0.2) is 0 Å². The first-order valence-electron chi connectivity index (χ1n) is 6.68. The molecule has 92 valence electrons. The third kappa shape index (κ3) is 1.47. The Hall–Kier alpha value is -1.77. The van der Waals surface area contributed by atoms with Crippen molar-refractivity contribution in [2.24, 2.45) is 0 Å². The average molecular weight is 240 g/mol.